The molecule has 0 aliphatic heterocycles. The molecule has 0 saturated carbocycles. The fourth-order valence-corrected chi connectivity index (χ4v) is 2.23. The summed E-state index contributed by atoms with van der Waals surface area (Å²) in [6, 6.07) is 7.88. The van der Waals surface area contributed by atoms with Crippen LogP contribution in [0.5, 0.6) is 0 Å². The van der Waals surface area contributed by atoms with Crippen molar-refractivity contribution in [1.82, 2.24) is 0 Å². The molecule has 16 heavy (non-hydrogen) atoms. The van der Waals surface area contributed by atoms with Crippen molar-refractivity contribution in [2.24, 2.45) is 0 Å². The van der Waals surface area contributed by atoms with Crippen LogP contribution in [0, 0.1) is 19.9 Å². The summed E-state index contributed by atoms with van der Waals surface area (Å²) in [6.45, 7) is 6.54. The van der Waals surface area contributed by atoms with Gasteiger partial charge in [-0.15, -0.1) is 0 Å². The molecule has 89 valence electrons. The van der Waals surface area contributed by atoms with Crippen molar-refractivity contribution in [2.75, 3.05) is 0 Å². The maximum atomic E-state index is 3.33. The van der Waals surface area contributed by atoms with Crippen molar-refractivity contribution in [3.63, 3.8) is 0 Å². The Kier molecular flexibility index (Phi) is 6.22. The van der Waals surface area contributed by atoms with E-state index in [2.05, 4.69) is 39.0 Å². The van der Waals surface area contributed by atoms with Crippen molar-refractivity contribution in [1.29, 1.82) is 0 Å². The van der Waals surface area contributed by atoms with E-state index >= 15 is 0 Å². The van der Waals surface area contributed by atoms with Crippen LogP contribution in [0.15, 0.2) is 12.1 Å². The van der Waals surface area contributed by atoms with Gasteiger partial charge in [-0.3, -0.25) is 0 Å². The topological polar surface area (TPSA) is 0 Å². The second-order valence-corrected chi connectivity index (χ2v) is 4.87. The average molecular weight is 217 g/mol. The van der Waals surface area contributed by atoms with Crippen molar-refractivity contribution >= 4 is 0 Å². The summed E-state index contributed by atoms with van der Waals surface area (Å²) in [4.78, 5) is 0. The fourth-order valence-electron chi connectivity index (χ4n) is 2.23. The predicted molar refractivity (Wildman–Crippen MR) is 71.8 cm³/mol. The third-order valence-corrected chi connectivity index (χ3v) is 3.02. The molecular weight excluding hydrogens is 192 g/mol. The van der Waals surface area contributed by atoms with Crippen molar-refractivity contribution < 1.29 is 0 Å². The van der Waals surface area contributed by atoms with Gasteiger partial charge < -0.3 is 0 Å². The highest BCUT2D eigenvalue weighted by Crippen LogP contribution is 2.13. The molecule has 0 bridgehead atoms. The van der Waals surface area contributed by atoms with E-state index in [-0.39, 0.29) is 0 Å². The molecule has 0 atom stereocenters. The first-order valence-electron chi connectivity index (χ1n) is 6.72. The van der Waals surface area contributed by atoms with Crippen LogP contribution < -0.4 is 0 Å². The Bertz CT molecular complexity index is 279. The van der Waals surface area contributed by atoms with Gasteiger partial charge in [-0.1, -0.05) is 51.2 Å². The Morgan fingerprint density at radius 3 is 2.06 bits per heavy atom. The Labute approximate surface area is 101 Å². The molecule has 0 unspecified atom stereocenters. The third-order valence-electron chi connectivity index (χ3n) is 3.02. The van der Waals surface area contributed by atoms with Crippen LogP contribution in [-0.4, -0.2) is 0 Å². The Morgan fingerprint density at radius 1 is 0.875 bits per heavy atom. The fraction of sp³-hybridized carbons (Fsp3) is 0.625. The molecule has 0 aliphatic carbocycles. The van der Waals surface area contributed by atoms with Gasteiger partial charge in [0.1, 0.15) is 0 Å². The Balaban J connectivity index is 2.21. The quantitative estimate of drug-likeness (QED) is 0.563. The summed E-state index contributed by atoms with van der Waals surface area (Å²) in [5.41, 5.74) is 4.05. The van der Waals surface area contributed by atoms with E-state index in [4.69, 9.17) is 0 Å². The SMILES string of the molecule is CCCCCCCCc1cc(C)[c]c(C)c1. The van der Waals surface area contributed by atoms with Crippen LogP contribution in [0.2, 0.25) is 0 Å². The predicted octanol–water partition coefficient (Wildman–Crippen LogP) is 5.01. The first kappa shape index (κ1) is 13.3. The van der Waals surface area contributed by atoms with Crippen LogP contribution in [0.25, 0.3) is 0 Å². The van der Waals surface area contributed by atoms with Gasteiger partial charge in [0.15, 0.2) is 0 Å². The van der Waals surface area contributed by atoms with E-state index in [1.165, 1.54) is 61.6 Å². The van der Waals surface area contributed by atoms with Gasteiger partial charge >= 0.3 is 0 Å². The molecular formula is C16H25. The largest absolute Gasteiger partial charge is 0.0654 e. The summed E-state index contributed by atoms with van der Waals surface area (Å²) in [7, 11) is 0. The number of hydrogen-bond donors (Lipinski definition) is 0. The second-order valence-electron chi connectivity index (χ2n) is 4.87. The molecule has 1 radical (unpaired) electrons. The van der Waals surface area contributed by atoms with E-state index in [1.807, 2.05) is 0 Å². The summed E-state index contributed by atoms with van der Waals surface area (Å²) in [5, 5.41) is 0. The second kappa shape index (κ2) is 7.49. The highest BCUT2D eigenvalue weighted by molar-refractivity contribution is 5.27. The molecule has 1 aromatic rings. The van der Waals surface area contributed by atoms with E-state index < -0.39 is 0 Å². The normalized spacial score (nSPS) is 10.7. The Morgan fingerprint density at radius 2 is 1.44 bits per heavy atom. The van der Waals surface area contributed by atoms with E-state index in [0.29, 0.717) is 0 Å². The molecule has 0 heterocycles. The lowest BCUT2D eigenvalue weighted by molar-refractivity contribution is 0.607. The number of hydrogen-bond acceptors (Lipinski definition) is 0. The minimum Gasteiger partial charge on any atom is -0.0654 e. The van der Waals surface area contributed by atoms with Gasteiger partial charge in [0.25, 0.3) is 0 Å². The number of aryl methyl sites for hydroxylation is 3. The lowest BCUT2D eigenvalue weighted by atomic mass is 10.0. The molecule has 0 fully saturated rings. The van der Waals surface area contributed by atoms with E-state index in [0.717, 1.165) is 0 Å². The third kappa shape index (κ3) is 5.34. The summed E-state index contributed by atoms with van der Waals surface area (Å²) >= 11 is 0. The van der Waals surface area contributed by atoms with Crippen molar-refractivity contribution in [2.45, 2.75) is 65.7 Å². The first-order valence-corrected chi connectivity index (χ1v) is 6.72. The van der Waals surface area contributed by atoms with Gasteiger partial charge in [-0.05, 0) is 49.4 Å². The monoisotopic (exact) mass is 217 g/mol. The maximum absolute atomic E-state index is 3.33. The molecule has 0 spiro atoms. The van der Waals surface area contributed by atoms with Crippen molar-refractivity contribution in [3.05, 3.63) is 34.9 Å². The number of benzene rings is 1. The van der Waals surface area contributed by atoms with Crippen LogP contribution in [0.3, 0.4) is 0 Å². The van der Waals surface area contributed by atoms with Crippen LogP contribution >= 0.6 is 0 Å². The minimum atomic E-state index is 1.24. The molecule has 0 nitrogen and oxygen atoms in total. The summed E-state index contributed by atoms with van der Waals surface area (Å²) in [5.74, 6) is 0. The van der Waals surface area contributed by atoms with Gasteiger partial charge in [-0.2, -0.15) is 0 Å². The molecule has 0 saturated heterocycles. The molecule has 1 rings (SSSR count). The zero-order valence-corrected chi connectivity index (χ0v) is 11.1. The highest BCUT2D eigenvalue weighted by atomic mass is 14.0. The molecule has 0 heteroatoms. The molecule has 0 aromatic heterocycles. The minimum absolute atomic E-state index is 1.24. The van der Waals surface area contributed by atoms with Gasteiger partial charge in [0.05, 0.1) is 0 Å². The molecule has 0 aliphatic rings. The van der Waals surface area contributed by atoms with Crippen LogP contribution in [0.1, 0.15) is 62.1 Å². The average Bonchev–Trinajstić information content (AvgIpc) is 2.22. The van der Waals surface area contributed by atoms with E-state index in [9.17, 15) is 0 Å². The molecule has 0 amide bonds. The highest BCUT2D eigenvalue weighted by Gasteiger charge is 1.97. The molecule has 1 aromatic carbocycles. The summed E-state index contributed by atoms with van der Waals surface area (Å²) < 4.78 is 0. The Hall–Kier alpha value is -0.780. The number of unbranched alkanes of at least 4 members (excludes halogenated alkanes) is 5. The maximum Gasteiger partial charge on any atom is -0.0120 e. The van der Waals surface area contributed by atoms with Crippen LogP contribution in [-0.2, 0) is 6.42 Å². The van der Waals surface area contributed by atoms with Crippen molar-refractivity contribution in [3.8, 4) is 0 Å². The van der Waals surface area contributed by atoms with Gasteiger partial charge in [-0.25, -0.2) is 0 Å². The van der Waals surface area contributed by atoms with Gasteiger partial charge in [0.2, 0.25) is 0 Å². The smallest absolute Gasteiger partial charge is 0.0120 e. The van der Waals surface area contributed by atoms with Crippen LogP contribution in [0.4, 0.5) is 0 Å². The summed E-state index contributed by atoms with van der Waals surface area (Å²) in [6.07, 6.45) is 9.53. The zero-order chi connectivity index (χ0) is 11.8. The first-order chi connectivity index (χ1) is 7.72. The van der Waals surface area contributed by atoms with E-state index in [1.54, 1.807) is 0 Å². The van der Waals surface area contributed by atoms with Gasteiger partial charge in [0, 0.05) is 0 Å². The number of rotatable bonds is 7. The zero-order valence-electron chi connectivity index (χ0n) is 11.1. The standard InChI is InChI=1S/C16H25/c1-4-5-6-7-8-9-10-16-12-14(2)11-15(3)13-16/h12-13H,4-10H2,1-3H3. The lowest BCUT2D eigenvalue weighted by Crippen LogP contribution is -1.89. The molecule has 0 N–H and O–H groups in total. The lowest BCUT2D eigenvalue weighted by Gasteiger charge is -2.04.